The Kier molecular flexibility index (Phi) is 4.18. The van der Waals surface area contributed by atoms with E-state index in [2.05, 4.69) is 13.8 Å². The highest BCUT2D eigenvalue weighted by molar-refractivity contribution is 6.36. The van der Waals surface area contributed by atoms with Gasteiger partial charge in [0.1, 0.15) is 0 Å². The average molecular weight is 286 g/mol. The molecule has 0 bridgehead atoms. The van der Waals surface area contributed by atoms with Crippen LogP contribution in [0.5, 0.6) is 0 Å². The van der Waals surface area contributed by atoms with Gasteiger partial charge < -0.3 is 4.90 Å². The zero-order chi connectivity index (χ0) is 13.3. The van der Waals surface area contributed by atoms with E-state index >= 15 is 0 Å². The first-order valence-corrected chi connectivity index (χ1v) is 7.04. The van der Waals surface area contributed by atoms with Gasteiger partial charge in [0, 0.05) is 17.1 Å². The van der Waals surface area contributed by atoms with Crippen molar-refractivity contribution >= 4 is 29.1 Å². The Hall–Kier alpha value is -0.730. The Morgan fingerprint density at radius 1 is 1.22 bits per heavy atom. The van der Waals surface area contributed by atoms with Crippen LogP contribution in [-0.4, -0.2) is 22.9 Å². The Bertz CT molecular complexity index is 451. The Labute approximate surface area is 118 Å². The van der Waals surface area contributed by atoms with Crippen LogP contribution < -0.4 is 0 Å². The normalized spacial score (nSPS) is 24.1. The summed E-state index contributed by atoms with van der Waals surface area (Å²) in [7, 11) is 0. The molecule has 1 aromatic rings. The van der Waals surface area contributed by atoms with E-state index in [1.54, 1.807) is 18.2 Å². The molecule has 2 rings (SSSR count). The molecule has 0 unspecified atom stereocenters. The van der Waals surface area contributed by atoms with Crippen LogP contribution in [0.15, 0.2) is 18.2 Å². The fraction of sp³-hybridized carbons (Fsp3) is 0.500. The third-order valence-electron chi connectivity index (χ3n) is 3.59. The number of hydrogen-bond donors (Lipinski definition) is 0. The largest absolute Gasteiger partial charge is 0.333 e. The van der Waals surface area contributed by atoms with E-state index in [9.17, 15) is 4.79 Å². The van der Waals surface area contributed by atoms with Crippen molar-refractivity contribution in [2.75, 3.05) is 0 Å². The number of halogens is 2. The van der Waals surface area contributed by atoms with Gasteiger partial charge in [0.15, 0.2) is 0 Å². The minimum Gasteiger partial charge on any atom is -0.333 e. The predicted molar refractivity (Wildman–Crippen MR) is 75.4 cm³/mol. The molecule has 4 heteroatoms. The zero-order valence-corrected chi connectivity index (χ0v) is 12.1. The van der Waals surface area contributed by atoms with E-state index in [4.69, 9.17) is 23.2 Å². The van der Waals surface area contributed by atoms with Gasteiger partial charge in [-0.1, -0.05) is 23.2 Å². The fourth-order valence-corrected chi connectivity index (χ4v) is 3.11. The summed E-state index contributed by atoms with van der Waals surface area (Å²) >= 11 is 12.0. The first-order valence-electron chi connectivity index (χ1n) is 6.28. The van der Waals surface area contributed by atoms with E-state index in [1.165, 1.54) is 6.42 Å². The van der Waals surface area contributed by atoms with Crippen LogP contribution in [0.2, 0.25) is 10.0 Å². The van der Waals surface area contributed by atoms with Crippen LogP contribution in [-0.2, 0) is 0 Å². The van der Waals surface area contributed by atoms with Crippen LogP contribution in [0, 0.1) is 0 Å². The SMILES string of the molecule is C[C@H]1CCC[C@H](C)N1C(=O)c1ccc(Cl)cc1Cl. The van der Waals surface area contributed by atoms with E-state index in [-0.39, 0.29) is 18.0 Å². The van der Waals surface area contributed by atoms with E-state index in [1.807, 2.05) is 4.90 Å². The van der Waals surface area contributed by atoms with Crippen molar-refractivity contribution in [1.29, 1.82) is 0 Å². The van der Waals surface area contributed by atoms with Crippen molar-refractivity contribution in [2.24, 2.45) is 0 Å². The van der Waals surface area contributed by atoms with Crippen molar-refractivity contribution in [3.63, 3.8) is 0 Å². The summed E-state index contributed by atoms with van der Waals surface area (Å²) in [5.74, 6) is 0.0105. The molecular weight excluding hydrogens is 269 g/mol. The predicted octanol–water partition coefficient (Wildman–Crippen LogP) is 4.40. The summed E-state index contributed by atoms with van der Waals surface area (Å²) in [5.41, 5.74) is 0.543. The van der Waals surface area contributed by atoms with Crippen molar-refractivity contribution in [2.45, 2.75) is 45.2 Å². The van der Waals surface area contributed by atoms with Crippen molar-refractivity contribution in [1.82, 2.24) is 4.90 Å². The molecule has 1 heterocycles. The number of rotatable bonds is 1. The van der Waals surface area contributed by atoms with Crippen LogP contribution in [0.3, 0.4) is 0 Å². The molecular formula is C14H17Cl2NO. The van der Waals surface area contributed by atoms with Gasteiger partial charge in [0.2, 0.25) is 0 Å². The third-order valence-corrected chi connectivity index (χ3v) is 4.14. The Balaban J connectivity index is 2.29. The maximum Gasteiger partial charge on any atom is 0.255 e. The molecule has 0 radical (unpaired) electrons. The number of carbonyl (C=O) groups is 1. The van der Waals surface area contributed by atoms with Crippen LogP contribution in [0.1, 0.15) is 43.5 Å². The highest BCUT2D eigenvalue weighted by Crippen LogP contribution is 2.28. The molecule has 1 saturated heterocycles. The second-order valence-corrected chi connectivity index (χ2v) is 5.81. The minimum absolute atomic E-state index is 0.0105. The number of carbonyl (C=O) groups excluding carboxylic acids is 1. The number of likely N-dealkylation sites (tertiary alicyclic amines) is 1. The molecule has 2 atom stereocenters. The van der Waals surface area contributed by atoms with Crippen molar-refractivity contribution in [3.05, 3.63) is 33.8 Å². The summed E-state index contributed by atoms with van der Waals surface area (Å²) in [6.45, 7) is 4.19. The molecule has 1 aliphatic rings. The highest BCUT2D eigenvalue weighted by Gasteiger charge is 2.30. The molecule has 1 amide bonds. The second kappa shape index (κ2) is 5.50. The maximum atomic E-state index is 12.6. The van der Waals surface area contributed by atoms with Gasteiger partial charge in [-0.25, -0.2) is 0 Å². The van der Waals surface area contributed by atoms with Crippen LogP contribution >= 0.6 is 23.2 Å². The molecule has 1 aromatic carbocycles. The number of amides is 1. The van der Waals surface area contributed by atoms with Crippen molar-refractivity contribution < 1.29 is 4.79 Å². The highest BCUT2D eigenvalue weighted by atomic mass is 35.5. The second-order valence-electron chi connectivity index (χ2n) is 4.97. The number of nitrogens with zero attached hydrogens (tertiary/aromatic N) is 1. The Morgan fingerprint density at radius 3 is 2.39 bits per heavy atom. The minimum atomic E-state index is 0.0105. The van der Waals surface area contributed by atoms with E-state index in [0.717, 1.165) is 12.8 Å². The number of hydrogen-bond acceptors (Lipinski definition) is 1. The standard InChI is InChI=1S/C14H17Cl2NO/c1-9-4-3-5-10(2)17(9)14(18)12-7-6-11(15)8-13(12)16/h6-10H,3-5H2,1-2H3/t9-,10-/m0/s1. The summed E-state index contributed by atoms with van der Waals surface area (Å²) in [4.78, 5) is 14.5. The lowest BCUT2D eigenvalue weighted by Gasteiger charge is -2.39. The van der Waals surface area contributed by atoms with E-state index in [0.29, 0.717) is 15.6 Å². The summed E-state index contributed by atoms with van der Waals surface area (Å²) in [6, 6.07) is 5.58. The quantitative estimate of drug-likeness (QED) is 0.749. The number of benzene rings is 1. The third kappa shape index (κ3) is 2.65. The Morgan fingerprint density at radius 2 is 1.83 bits per heavy atom. The molecule has 0 spiro atoms. The fourth-order valence-electron chi connectivity index (χ4n) is 2.62. The van der Waals surface area contributed by atoms with Gasteiger partial charge in [-0.2, -0.15) is 0 Å². The van der Waals surface area contributed by atoms with E-state index < -0.39 is 0 Å². The first-order chi connectivity index (χ1) is 8.50. The van der Waals surface area contributed by atoms with Gasteiger partial charge in [0.25, 0.3) is 5.91 Å². The molecule has 1 fully saturated rings. The lowest BCUT2D eigenvalue weighted by molar-refractivity contribution is 0.0511. The molecule has 0 aromatic heterocycles. The number of piperidine rings is 1. The van der Waals surface area contributed by atoms with Gasteiger partial charge >= 0.3 is 0 Å². The van der Waals surface area contributed by atoms with Crippen LogP contribution in [0.4, 0.5) is 0 Å². The molecule has 18 heavy (non-hydrogen) atoms. The molecule has 2 nitrogen and oxygen atoms in total. The van der Waals surface area contributed by atoms with Crippen molar-refractivity contribution in [3.8, 4) is 0 Å². The molecule has 0 aliphatic carbocycles. The van der Waals surface area contributed by atoms with Gasteiger partial charge in [-0.15, -0.1) is 0 Å². The monoisotopic (exact) mass is 285 g/mol. The zero-order valence-electron chi connectivity index (χ0n) is 10.6. The van der Waals surface area contributed by atoms with Crippen LogP contribution in [0.25, 0.3) is 0 Å². The average Bonchev–Trinajstić information content (AvgIpc) is 2.28. The molecule has 0 saturated carbocycles. The molecule has 98 valence electrons. The molecule has 0 N–H and O–H groups in total. The van der Waals surface area contributed by atoms with Gasteiger partial charge in [0.05, 0.1) is 10.6 Å². The summed E-state index contributed by atoms with van der Waals surface area (Å²) < 4.78 is 0. The summed E-state index contributed by atoms with van der Waals surface area (Å²) in [5, 5.41) is 0.980. The van der Waals surface area contributed by atoms with Gasteiger partial charge in [-0.05, 0) is 51.3 Å². The lowest BCUT2D eigenvalue weighted by atomic mass is 9.96. The lowest BCUT2D eigenvalue weighted by Crippen LogP contribution is -2.47. The topological polar surface area (TPSA) is 20.3 Å². The summed E-state index contributed by atoms with van der Waals surface area (Å²) in [6.07, 6.45) is 3.29. The maximum absolute atomic E-state index is 12.6. The van der Waals surface area contributed by atoms with Gasteiger partial charge in [-0.3, -0.25) is 4.79 Å². The molecule has 1 aliphatic heterocycles. The first kappa shape index (κ1) is 13.7. The smallest absolute Gasteiger partial charge is 0.255 e.